The highest BCUT2D eigenvalue weighted by molar-refractivity contribution is 6.42. The molecule has 0 aliphatic rings. The molecule has 0 fully saturated rings. The van der Waals surface area contributed by atoms with E-state index in [0.717, 1.165) is 22.2 Å². The van der Waals surface area contributed by atoms with Crippen LogP contribution in [0, 0.1) is 0 Å². The van der Waals surface area contributed by atoms with Crippen molar-refractivity contribution < 1.29 is 14.3 Å². The first-order chi connectivity index (χ1) is 15.0. The number of H-pyrrole nitrogens is 1. The topological polar surface area (TPSA) is 76.2 Å². The molecule has 6 nitrogen and oxygen atoms in total. The van der Waals surface area contributed by atoms with Crippen LogP contribution in [0.2, 0.25) is 10.0 Å². The highest BCUT2D eigenvalue weighted by Crippen LogP contribution is 2.35. The summed E-state index contributed by atoms with van der Waals surface area (Å²) >= 11 is 12.3. The Labute approximate surface area is 189 Å². The number of hydrogen-bond acceptors (Lipinski definition) is 4. The van der Waals surface area contributed by atoms with Crippen LogP contribution in [-0.2, 0) is 0 Å². The monoisotopic (exact) mass is 455 g/mol. The average molecular weight is 456 g/mol. The second-order valence-corrected chi connectivity index (χ2v) is 7.51. The summed E-state index contributed by atoms with van der Waals surface area (Å²) in [5, 5.41) is 4.67. The second-order valence-electron chi connectivity index (χ2n) is 6.70. The number of pyridine rings is 1. The van der Waals surface area contributed by atoms with Crippen molar-refractivity contribution in [2.45, 2.75) is 6.92 Å². The Balaban J connectivity index is 1.67. The van der Waals surface area contributed by atoms with Gasteiger partial charge in [-0.15, -0.1) is 0 Å². The van der Waals surface area contributed by atoms with Gasteiger partial charge in [0, 0.05) is 28.1 Å². The Morgan fingerprint density at radius 2 is 1.90 bits per heavy atom. The van der Waals surface area contributed by atoms with E-state index < -0.39 is 0 Å². The molecule has 0 spiro atoms. The number of methoxy groups -OCH3 is 1. The maximum atomic E-state index is 12.7. The SMILES string of the molecule is CCOc1cc(C(=O)Nc2cccc(OC)n2)ccc1-c1cc2cc(Cl)c(Cl)cc2[nH]1. The van der Waals surface area contributed by atoms with Crippen molar-refractivity contribution in [1.29, 1.82) is 0 Å². The number of anilines is 1. The number of halogens is 2. The zero-order valence-corrected chi connectivity index (χ0v) is 18.3. The quantitative estimate of drug-likeness (QED) is 0.363. The van der Waals surface area contributed by atoms with E-state index in [9.17, 15) is 4.79 Å². The van der Waals surface area contributed by atoms with Gasteiger partial charge in [-0.05, 0) is 49.4 Å². The molecule has 0 aliphatic heterocycles. The van der Waals surface area contributed by atoms with Gasteiger partial charge in [0.05, 0.1) is 29.5 Å². The van der Waals surface area contributed by atoms with Gasteiger partial charge in [0.15, 0.2) is 0 Å². The molecule has 0 atom stereocenters. The van der Waals surface area contributed by atoms with Crippen molar-refractivity contribution in [2.24, 2.45) is 0 Å². The molecule has 4 rings (SSSR count). The number of rotatable bonds is 6. The van der Waals surface area contributed by atoms with E-state index in [0.29, 0.717) is 39.7 Å². The average Bonchev–Trinajstić information content (AvgIpc) is 3.16. The Kier molecular flexibility index (Phi) is 6.02. The summed E-state index contributed by atoms with van der Waals surface area (Å²) in [6.45, 7) is 2.34. The van der Waals surface area contributed by atoms with E-state index >= 15 is 0 Å². The molecule has 2 aromatic carbocycles. The number of benzene rings is 2. The van der Waals surface area contributed by atoms with E-state index in [4.69, 9.17) is 32.7 Å². The van der Waals surface area contributed by atoms with Crippen molar-refractivity contribution in [3.8, 4) is 22.9 Å². The third-order valence-corrected chi connectivity index (χ3v) is 5.39. The van der Waals surface area contributed by atoms with Crippen molar-refractivity contribution >= 4 is 45.8 Å². The zero-order valence-electron chi connectivity index (χ0n) is 16.8. The first kappa shape index (κ1) is 21.0. The molecule has 0 bridgehead atoms. The van der Waals surface area contributed by atoms with Gasteiger partial charge in [-0.2, -0.15) is 4.98 Å². The third kappa shape index (κ3) is 4.45. The fourth-order valence-corrected chi connectivity index (χ4v) is 3.56. The highest BCUT2D eigenvalue weighted by atomic mass is 35.5. The molecule has 31 heavy (non-hydrogen) atoms. The minimum Gasteiger partial charge on any atom is -0.493 e. The largest absolute Gasteiger partial charge is 0.493 e. The van der Waals surface area contributed by atoms with Gasteiger partial charge in [-0.1, -0.05) is 29.3 Å². The lowest BCUT2D eigenvalue weighted by molar-refractivity contribution is 0.102. The number of carbonyl (C=O) groups excluding carboxylic acids is 1. The lowest BCUT2D eigenvalue weighted by Gasteiger charge is -2.12. The van der Waals surface area contributed by atoms with Gasteiger partial charge < -0.3 is 19.8 Å². The van der Waals surface area contributed by atoms with Crippen molar-refractivity contribution in [2.75, 3.05) is 19.0 Å². The van der Waals surface area contributed by atoms with Gasteiger partial charge in [-0.3, -0.25) is 4.79 Å². The standard InChI is InChI=1S/C23H19Cl2N3O3/c1-3-31-20-11-13(23(29)28-21-5-4-6-22(27-21)30-2)7-8-15(20)19-10-14-9-16(24)17(25)12-18(14)26-19/h4-12,26H,3H2,1-2H3,(H,27,28,29). The molecule has 8 heteroatoms. The van der Waals surface area contributed by atoms with Gasteiger partial charge in [-0.25, -0.2) is 0 Å². The minimum atomic E-state index is -0.302. The number of nitrogens with zero attached hydrogens (tertiary/aromatic N) is 1. The smallest absolute Gasteiger partial charge is 0.256 e. The molecule has 158 valence electrons. The first-order valence-corrected chi connectivity index (χ1v) is 10.3. The molecule has 1 amide bonds. The second kappa shape index (κ2) is 8.88. The molecule has 4 aromatic rings. The molecule has 0 radical (unpaired) electrons. The van der Waals surface area contributed by atoms with E-state index in [-0.39, 0.29) is 5.91 Å². The molecule has 0 saturated carbocycles. The highest BCUT2D eigenvalue weighted by Gasteiger charge is 2.15. The van der Waals surface area contributed by atoms with Crippen LogP contribution in [0.25, 0.3) is 22.2 Å². The Morgan fingerprint density at radius 1 is 1.10 bits per heavy atom. The third-order valence-electron chi connectivity index (χ3n) is 4.67. The predicted molar refractivity (Wildman–Crippen MR) is 124 cm³/mol. The summed E-state index contributed by atoms with van der Waals surface area (Å²) in [6.07, 6.45) is 0. The Morgan fingerprint density at radius 3 is 2.68 bits per heavy atom. The summed E-state index contributed by atoms with van der Waals surface area (Å²) < 4.78 is 10.9. The maximum Gasteiger partial charge on any atom is 0.256 e. The minimum absolute atomic E-state index is 0.302. The molecule has 0 saturated heterocycles. The van der Waals surface area contributed by atoms with Crippen molar-refractivity contribution in [1.82, 2.24) is 9.97 Å². The fourth-order valence-electron chi connectivity index (χ4n) is 3.22. The number of hydrogen-bond donors (Lipinski definition) is 2. The van der Waals surface area contributed by atoms with E-state index in [1.807, 2.05) is 25.1 Å². The van der Waals surface area contributed by atoms with Gasteiger partial charge in [0.2, 0.25) is 5.88 Å². The Bertz CT molecular complexity index is 1230. The van der Waals surface area contributed by atoms with Crippen molar-refractivity contribution in [3.05, 3.63) is 70.2 Å². The molecule has 0 aliphatic carbocycles. The molecular weight excluding hydrogens is 437 g/mol. The normalized spacial score (nSPS) is 10.8. The molecular formula is C23H19Cl2N3O3. The van der Waals surface area contributed by atoms with E-state index in [2.05, 4.69) is 15.3 Å². The van der Waals surface area contributed by atoms with Gasteiger partial charge in [0.25, 0.3) is 5.91 Å². The van der Waals surface area contributed by atoms with Crippen LogP contribution in [0.1, 0.15) is 17.3 Å². The van der Waals surface area contributed by atoms with Crippen LogP contribution < -0.4 is 14.8 Å². The molecule has 2 N–H and O–H groups in total. The van der Waals surface area contributed by atoms with Crippen LogP contribution in [0.3, 0.4) is 0 Å². The van der Waals surface area contributed by atoms with Crippen LogP contribution in [0.15, 0.2) is 54.6 Å². The maximum absolute atomic E-state index is 12.7. The van der Waals surface area contributed by atoms with E-state index in [1.165, 1.54) is 7.11 Å². The van der Waals surface area contributed by atoms with Gasteiger partial charge >= 0.3 is 0 Å². The number of carbonyl (C=O) groups is 1. The van der Waals surface area contributed by atoms with Crippen molar-refractivity contribution in [3.63, 3.8) is 0 Å². The fraction of sp³-hybridized carbons (Fsp3) is 0.130. The summed E-state index contributed by atoms with van der Waals surface area (Å²) in [7, 11) is 1.52. The number of aromatic amines is 1. The molecule has 0 unspecified atom stereocenters. The lowest BCUT2D eigenvalue weighted by atomic mass is 10.1. The molecule has 2 heterocycles. The summed E-state index contributed by atoms with van der Waals surface area (Å²) in [6, 6.07) is 16.0. The van der Waals surface area contributed by atoms with Crippen LogP contribution in [-0.4, -0.2) is 29.6 Å². The van der Waals surface area contributed by atoms with Crippen LogP contribution in [0.5, 0.6) is 11.6 Å². The summed E-state index contributed by atoms with van der Waals surface area (Å²) in [5.74, 6) is 1.10. The van der Waals surface area contributed by atoms with Crippen LogP contribution >= 0.6 is 23.2 Å². The Hall–Kier alpha value is -3.22. The zero-order chi connectivity index (χ0) is 22.0. The van der Waals surface area contributed by atoms with Gasteiger partial charge in [0.1, 0.15) is 11.6 Å². The lowest BCUT2D eigenvalue weighted by Crippen LogP contribution is -2.13. The predicted octanol–water partition coefficient (Wildman–Crippen LogP) is 6.20. The number of fused-ring (bicyclic) bond motifs is 1. The van der Waals surface area contributed by atoms with Crippen LogP contribution in [0.4, 0.5) is 5.82 Å². The number of nitrogens with one attached hydrogen (secondary N) is 2. The summed E-state index contributed by atoms with van der Waals surface area (Å²) in [5.41, 5.74) is 2.95. The molecule has 2 aromatic heterocycles. The number of ether oxygens (including phenoxy) is 2. The summed E-state index contributed by atoms with van der Waals surface area (Å²) in [4.78, 5) is 20.3. The number of amides is 1. The number of aromatic nitrogens is 2. The first-order valence-electron chi connectivity index (χ1n) is 9.56. The van der Waals surface area contributed by atoms with E-state index in [1.54, 1.807) is 36.4 Å².